The summed E-state index contributed by atoms with van der Waals surface area (Å²) in [5, 5.41) is 5.31. The van der Waals surface area contributed by atoms with Gasteiger partial charge in [-0.3, -0.25) is 0 Å². The summed E-state index contributed by atoms with van der Waals surface area (Å²) in [5.74, 6) is 0.484. The van der Waals surface area contributed by atoms with Crippen molar-refractivity contribution in [2.24, 2.45) is 0 Å². The second kappa shape index (κ2) is 5.67. The zero-order valence-corrected chi connectivity index (χ0v) is 11.4. The molecule has 0 aliphatic heterocycles. The molecule has 0 fully saturated rings. The van der Waals surface area contributed by atoms with Crippen LogP contribution in [0.15, 0.2) is 43.1 Å². The van der Waals surface area contributed by atoms with Gasteiger partial charge in [-0.2, -0.15) is 5.10 Å². The number of methoxy groups -OCH3 is 1. The Bertz CT molecular complexity index is 672. The molecule has 5 nitrogen and oxygen atoms in total. The average molecular weight is 277 g/mol. The monoisotopic (exact) mass is 276 g/mol. The van der Waals surface area contributed by atoms with Crippen molar-refractivity contribution in [1.82, 2.24) is 19.7 Å². The third kappa shape index (κ3) is 2.51. The van der Waals surface area contributed by atoms with Gasteiger partial charge < -0.3 is 4.74 Å². The topological polar surface area (TPSA) is 52.8 Å². The number of aromatic nitrogens is 4. The molecule has 0 unspecified atom stereocenters. The molecule has 2 heterocycles. The largest absolute Gasteiger partial charge is 0.495 e. The Kier molecular flexibility index (Phi) is 3.97. The molecule has 0 saturated carbocycles. The molecule has 0 aliphatic rings. The summed E-state index contributed by atoms with van der Waals surface area (Å²) < 4.78 is 6.80. The third-order valence-corrected chi connectivity index (χ3v) is 2.83. The van der Waals surface area contributed by atoms with Crippen LogP contribution in [0.4, 0.5) is 0 Å². The van der Waals surface area contributed by atoms with Gasteiger partial charge in [0, 0.05) is 0 Å². The van der Waals surface area contributed by atoms with Gasteiger partial charge in [0.15, 0.2) is 5.65 Å². The van der Waals surface area contributed by atoms with Gasteiger partial charge in [-0.15, -0.1) is 0 Å². The molecule has 0 bridgehead atoms. The van der Waals surface area contributed by atoms with Crippen molar-refractivity contribution in [3.8, 4) is 0 Å². The SMILES string of the molecule is C=C(OC)/C(=C\C=C/C)n1ncc2c(Cl)ncnc21. The Morgan fingerprint density at radius 3 is 2.95 bits per heavy atom. The van der Waals surface area contributed by atoms with Crippen molar-refractivity contribution in [3.05, 3.63) is 48.2 Å². The average Bonchev–Trinajstić information content (AvgIpc) is 2.84. The van der Waals surface area contributed by atoms with E-state index in [1.807, 2.05) is 25.2 Å². The molecule has 2 aromatic rings. The van der Waals surface area contributed by atoms with Crippen molar-refractivity contribution in [1.29, 1.82) is 0 Å². The van der Waals surface area contributed by atoms with Gasteiger partial charge in [0.25, 0.3) is 0 Å². The van der Waals surface area contributed by atoms with Crippen LogP contribution in [0.1, 0.15) is 6.92 Å². The first-order valence-corrected chi connectivity index (χ1v) is 5.97. The van der Waals surface area contributed by atoms with Gasteiger partial charge in [0.2, 0.25) is 0 Å². The summed E-state index contributed by atoms with van der Waals surface area (Å²) in [6.07, 6.45) is 8.62. The molecule has 0 aromatic carbocycles. The molecule has 0 radical (unpaired) electrons. The zero-order chi connectivity index (χ0) is 13.8. The minimum atomic E-state index is 0.365. The molecule has 98 valence electrons. The maximum absolute atomic E-state index is 6.00. The predicted molar refractivity (Wildman–Crippen MR) is 75.6 cm³/mol. The van der Waals surface area contributed by atoms with Crippen LogP contribution < -0.4 is 0 Å². The molecule has 0 atom stereocenters. The molecule has 0 spiro atoms. The molecular formula is C13H13ClN4O. The van der Waals surface area contributed by atoms with E-state index in [0.717, 1.165) is 0 Å². The van der Waals surface area contributed by atoms with E-state index >= 15 is 0 Å². The minimum Gasteiger partial charge on any atom is -0.495 e. The summed E-state index contributed by atoms with van der Waals surface area (Å²) in [6, 6.07) is 0. The van der Waals surface area contributed by atoms with E-state index in [0.29, 0.717) is 27.6 Å². The summed E-state index contributed by atoms with van der Waals surface area (Å²) in [4.78, 5) is 8.11. The molecule has 0 N–H and O–H groups in total. The summed E-state index contributed by atoms with van der Waals surface area (Å²) in [7, 11) is 1.56. The first-order valence-electron chi connectivity index (χ1n) is 5.60. The lowest BCUT2D eigenvalue weighted by atomic mass is 10.3. The van der Waals surface area contributed by atoms with Crippen molar-refractivity contribution in [2.45, 2.75) is 6.92 Å². The van der Waals surface area contributed by atoms with Crippen LogP contribution >= 0.6 is 11.6 Å². The number of hydrogen-bond acceptors (Lipinski definition) is 4. The van der Waals surface area contributed by atoms with Crippen LogP contribution in [0.25, 0.3) is 16.7 Å². The number of hydrogen-bond donors (Lipinski definition) is 0. The first kappa shape index (κ1) is 13.3. The normalized spacial score (nSPS) is 12.3. The Hall–Kier alpha value is -2.14. The number of halogens is 1. The first-order chi connectivity index (χ1) is 9.19. The second-order valence-electron chi connectivity index (χ2n) is 3.66. The maximum Gasteiger partial charge on any atom is 0.167 e. The number of rotatable bonds is 4. The van der Waals surface area contributed by atoms with Gasteiger partial charge in [-0.1, -0.05) is 30.3 Å². The second-order valence-corrected chi connectivity index (χ2v) is 4.02. The highest BCUT2D eigenvalue weighted by atomic mass is 35.5. The lowest BCUT2D eigenvalue weighted by molar-refractivity contribution is 0.309. The van der Waals surface area contributed by atoms with Crippen LogP contribution in [0.2, 0.25) is 5.15 Å². The molecule has 2 rings (SSSR count). The Labute approximate surface area is 115 Å². The molecule has 2 aromatic heterocycles. The predicted octanol–water partition coefficient (Wildman–Crippen LogP) is 3.06. The summed E-state index contributed by atoms with van der Waals surface area (Å²) in [5.41, 5.74) is 1.29. The van der Waals surface area contributed by atoms with Crippen LogP contribution in [-0.4, -0.2) is 26.9 Å². The van der Waals surface area contributed by atoms with Gasteiger partial charge in [0.05, 0.1) is 18.7 Å². The highest BCUT2D eigenvalue weighted by Gasteiger charge is 2.13. The van der Waals surface area contributed by atoms with E-state index in [2.05, 4.69) is 21.6 Å². The van der Waals surface area contributed by atoms with Crippen LogP contribution in [0.3, 0.4) is 0 Å². The van der Waals surface area contributed by atoms with E-state index < -0.39 is 0 Å². The third-order valence-electron chi connectivity index (χ3n) is 2.52. The molecule has 0 saturated heterocycles. The van der Waals surface area contributed by atoms with Crippen LogP contribution in [-0.2, 0) is 4.74 Å². The van der Waals surface area contributed by atoms with Crippen molar-refractivity contribution >= 4 is 28.3 Å². The Morgan fingerprint density at radius 2 is 2.26 bits per heavy atom. The zero-order valence-electron chi connectivity index (χ0n) is 10.7. The fourth-order valence-corrected chi connectivity index (χ4v) is 1.74. The van der Waals surface area contributed by atoms with E-state index in [1.54, 1.807) is 18.0 Å². The molecular weight excluding hydrogens is 264 g/mol. The van der Waals surface area contributed by atoms with E-state index in [-0.39, 0.29) is 0 Å². The standard InChI is InChI=1S/C13H13ClN4O/c1-4-5-6-11(9(2)19-3)18-13-10(7-17-18)12(14)15-8-16-13/h4-8H,2H2,1,3H3/b5-4-,11-6+. The molecule has 0 amide bonds. The maximum atomic E-state index is 6.00. The van der Waals surface area contributed by atoms with Crippen molar-refractivity contribution in [3.63, 3.8) is 0 Å². The molecule has 19 heavy (non-hydrogen) atoms. The van der Waals surface area contributed by atoms with Gasteiger partial charge in [0.1, 0.15) is 22.9 Å². The van der Waals surface area contributed by atoms with E-state index in [9.17, 15) is 0 Å². The van der Waals surface area contributed by atoms with Crippen LogP contribution in [0, 0.1) is 0 Å². The highest BCUT2D eigenvalue weighted by molar-refractivity contribution is 6.33. The lowest BCUT2D eigenvalue weighted by Crippen LogP contribution is -2.03. The fraction of sp³-hybridized carbons (Fsp3) is 0.154. The quantitative estimate of drug-likeness (QED) is 0.489. The molecule has 6 heteroatoms. The van der Waals surface area contributed by atoms with Crippen molar-refractivity contribution < 1.29 is 4.74 Å². The Morgan fingerprint density at radius 1 is 1.47 bits per heavy atom. The fourth-order valence-electron chi connectivity index (χ4n) is 1.57. The highest BCUT2D eigenvalue weighted by Crippen LogP contribution is 2.23. The van der Waals surface area contributed by atoms with Crippen LogP contribution in [0.5, 0.6) is 0 Å². The van der Waals surface area contributed by atoms with Gasteiger partial charge >= 0.3 is 0 Å². The summed E-state index contributed by atoms with van der Waals surface area (Å²) in [6.45, 7) is 5.77. The number of fused-ring (bicyclic) bond motifs is 1. The minimum absolute atomic E-state index is 0.365. The number of nitrogens with zero attached hydrogens (tertiary/aromatic N) is 4. The van der Waals surface area contributed by atoms with Gasteiger partial charge in [-0.25, -0.2) is 14.6 Å². The lowest BCUT2D eigenvalue weighted by Gasteiger charge is -2.09. The number of allylic oxidation sites excluding steroid dienone is 4. The smallest absolute Gasteiger partial charge is 0.167 e. The molecule has 0 aliphatic carbocycles. The van der Waals surface area contributed by atoms with Gasteiger partial charge in [-0.05, 0) is 13.0 Å². The number of ether oxygens (including phenoxy) is 1. The van der Waals surface area contributed by atoms with E-state index in [4.69, 9.17) is 16.3 Å². The summed E-state index contributed by atoms with van der Waals surface area (Å²) >= 11 is 6.00. The van der Waals surface area contributed by atoms with Crippen molar-refractivity contribution in [2.75, 3.05) is 7.11 Å². The Balaban J connectivity index is 2.63. The van der Waals surface area contributed by atoms with E-state index in [1.165, 1.54) is 6.33 Å².